The fraction of sp³-hybridized carbons (Fsp3) is 0.875. The molecule has 0 unspecified atom stereocenters. The highest BCUT2D eigenvalue weighted by Crippen LogP contribution is 2.46. The van der Waals surface area contributed by atoms with Crippen molar-refractivity contribution in [3.05, 3.63) is 0 Å². The molecule has 0 aromatic rings. The van der Waals surface area contributed by atoms with Crippen LogP contribution in [0.1, 0.15) is 77.0 Å². The first-order valence-electron chi connectivity index (χ1n) is 8.11. The highest BCUT2D eigenvalue weighted by atomic mass is 16.1. The zero-order valence-electron chi connectivity index (χ0n) is 12.5. The molecule has 4 heteroatoms. The Balaban J connectivity index is 2.07. The van der Waals surface area contributed by atoms with E-state index in [4.69, 9.17) is 11.5 Å². The van der Waals surface area contributed by atoms with Gasteiger partial charge in [-0.2, -0.15) is 0 Å². The molecule has 114 valence electrons. The van der Waals surface area contributed by atoms with Gasteiger partial charge in [-0.05, 0) is 38.5 Å². The van der Waals surface area contributed by atoms with E-state index >= 15 is 0 Å². The van der Waals surface area contributed by atoms with Gasteiger partial charge in [0.05, 0.1) is 0 Å². The van der Waals surface area contributed by atoms with Crippen LogP contribution in [0.25, 0.3) is 0 Å². The van der Waals surface area contributed by atoms with Crippen LogP contribution in [0.5, 0.6) is 0 Å². The van der Waals surface area contributed by atoms with Gasteiger partial charge in [0, 0.05) is 10.8 Å². The summed E-state index contributed by atoms with van der Waals surface area (Å²) in [5.74, 6) is -0.347. The molecule has 2 amide bonds. The lowest BCUT2D eigenvalue weighted by molar-refractivity contribution is -0.134. The van der Waals surface area contributed by atoms with Crippen molar-refractivity contribution in [1.29, 1.82) is 0 Å². The Morgan fingerprint density at radius 3 is 1.20 bits per heavy atom. The van der Waals surface area contributed by atoms with E-state index in [1.807, 2.05) is 0 Å². The summed E-state index contributed by atoms with van der Waals surface area (Å²) < 4.78 is 0. The molecule has 0 heterocycles. The monoisotopic (exact) mass is 280 g/mol. The SMILES string of the molecule is NC(=O)C1(CCC2(C(N)=O)CCCCC2)CCCCC1. The van der Waals surface area contributed by atoms with Crippen LogP contribution in [0.2, 0.25) is 0 Å². The Kier molecular flexibility index (Phi) is 4.71. The van der Waals surface area contributed by atoms with Crippen LogP contribution < -0.4 is 11.5 Å². The number of rotatable bonds is 5. The molecule has 2 aliphatic carbocycles. The molecule has 0 spiro atoms. The largest absolute Gasteiger partial charge is 0.369 e. The van der Waals surface area contributed by atoms with Gasteiger partial charge >= 0.3 is 0 Å². The summed E-state index contributed by atoms with van der Waals surface area (Å²) in [6, 6.07) is 0. The number of primary amides is 2. The maximum atomic E-state index is 11.9. The number of carbonyl (C=O) groups excluding carboxylic acids is 2. The number of nitrogens with two attached hydrogens (primary N) is 2. The van der Waals surface area contributed by atoms with Crippen molar-refractivity contribution in [2.24, 2.45) is 22.3 Å². The van der Waals surface area contributed by atoms with Crippen LogP contribution >= 0.6 is 0 Å². The van der Waals surface area contributed by atoms with E-state index in [1.165, 1.54) is 12.8 Å². The minimum Gasteiger partial charge on any atom is -0.369 e. The Hall–Kier alpha value is -1.06. The third-order valence-corrected chi connectivity index (χ3v) is 5.75. The summed E-state index contributed by atoms with van der Waals surface area (Å²) in [5, 5.41) is 0. The molecule has 2 saturated carbocycles. The van der Waals surface area contributed by atoms with Gasteiger partial charge in [-0.15, -0.1) is 0 Å². The first kappa shape index (κ1) is 15.3. The molecule has 0 aliphatic heterocycles. The molecule has 2 rings (SSSR count). The van der Waals surface area contributed by atoms with Gasteiger partial charge in [0.1, 0.15) is 0 Å². The predicted octanol–water partition coefficient (Wildman–Crippen LogP) is 2.64. The van der Waals surface area contributed by atoms with Gasteiger partial charge in [0.2, 0.25) is 11.8 Å². The van der Waals surface area contributed by atoms with Crippen molar-refractivity contribution in [3.8, 4) is 0 Å². The second kappa shape index (κ2) is 6.15. The molecule has 0 atom stereocenters. The van der Waals surface area contributed by atoms with Crippen LogP contribution in [0.4, 0.5) is 0 Å². The van der Waals surface area contributed by atoms with Crippen molar-refractivity contribution >= 4 is 11.8 Å². The van der Waals surface area contributed by atoms with Crippen LogP contribution in [-0.2, 0) is 9.59 Å². The maximum absolute atomic E-state index is 11.9. The van der Waals surface area contributed by atoms with Crippen LogP contribution in [0.3, 0.4) is 0 Å². The topological polar surface area (TPSA) is 86.2 Å². The van der Waals surface area contributed by atoms with E-state index in [1.54, 1.807) is 0 Å². The molecule has 0 aromatic carbocycles. The number of hydrogen-bond donors (Lipinski definition) is 2. The van der Waals surface area contributed by atoms with Gasteiger partial charge in [-0.3, -0.25) is 9.59 Å². The molecule has 0 aromatic heterocycles. The van der Waals surface area contributed by atoms with E-state index in [0.717, 1.165) is 64.2 Å². The van der Waals surface area contributed by atoms with Gasteiger partial charge < -0.3 is 11.5 Å². The second-order valence-corrected chi connectivity index (χ2v) is 6.91. The standard InChI is InChI=1S/C16H28N2O2/c17-13(19)15(7-3-1-4-8-15)11-12-16(14(18)20)9-5-2-6-10-16/h1-12H2,(H2,17,19)(H2,18,20). The summed E-state index contributed by atoms with van der Waals surface area (Å²) >= 11 is 0. The molecule has 0 radical (unpaired) electrons. The zero-order chi connectivity index (χ0) is 14.6. The van der Waals surface area contributed by atoms with E-state index in [9.17, 15) is 9.59 Å². The Morgan fingerprint density at radius 1 is 0.650 bits per heavy atom. The number of carbonyl (C=O) groups is 2. The molecule has 2 fully saturated rings. The molecule has 0 saturated heterocycles. The zero-order valence-corrected chi connectivity index (χ0v) is 12.5. The fourth-order valence-corrected chi connectivity index (χ4v) is 4.17. The molecule has 0 bridgehead atoms. The van der Waals surface area contributed by atoms with E-state index < -0.39 is 0 Å². The first-order valence-corrected chi connectivity index (χ1v) is 8.11. The lowest BCUT2D eigenvalue weighted by atomic mass is 9.64. The molecular weight excluding hydrogens is 252 g/mol. The van der Waals surface area contributed by atoms with Gasteiger partial charge in [-0.25, -0.2) is 0 Å². The molecule has 4 N–H and O–H groups in total. The first-order chi connectivity index (χ1) is 9.51. The Labute approximate surface area is 121 Å². The van der Waals surface area contributed by atoms with Gasteiger partial charge in [0.25, 0.3) is 0 Å². The number of hydrogen-bond acceptors (Lipinski definition) is 2. The highest BCUT2D eigenvalue weighted by molar-refractivity contribution is 5.82. The summed E-state index contributed by atoms with van der Waals surface area (Å²) in [5.41, 5.74) is 10.6. The minimum absolute atomic E-state index is 0.173. The summed E-state index contributed by atoms with van der Waals surface area (Å²) in [6.07, 6.45) is 11.7. The lowest BCUT2D eigenvalue weighted by Crippen LogP contribution is -2.43. The normalized spacial score (nSPS) is 25.0. The number of amides is 2. The minimum atomic E-state index is -0.377. The second-order valence-electron chi connectivity index (χ2n) is 6.91. The smallest absolute Gasteiger partial charge is 0.223 e. The quantitative estimate of drug-likeness (QED) is 0.811. The summed E-state index contributed by atoms with van der Waals surface area (Å²) in [6.45, 7) is 0. The fourth-order valence-electron chi connectivity index (χ4n) is 4.17. The van der Waals surface area contributed by atoms with Crippen LogP contribution in [0, 0.1) is 10.8 Å². The van der Waals surface area contributed by atoms with E-state index in [0.29, 0.717) is 0 Å². The molecule has 4 nitrogen and oxygen atoms in total. The molecular formula is C16H28N2O2. The van der Waals surface area contributed by atoms with Gasteiger partial charge in [0.15, 0.2) is 0 Å². The maximum Gasteiger partial charge on any atom is 0.223 e. The van der Waals surface area contributed by atoms with Crippen LogP contribution in [0.15, 0.2) is 0 Å². The van der Waals surface area contributed by atoms with Crippen molar-refractivity contribution in [2.45, 2.75) is 77.0 Å². The van der Waals surface area contributed by atoms with Crippen molar-refractivity contribution < 1.29 is 9.59 Å². The van der Waals surface area contributed by atoms with Crippen molar-refractivity contribution in [1.82, 2.24) is 0 Å². The van der Waals surface area contributed by atoms with E-state index in [-0.39, 0.29) is 22.6 Å². The van der Waals surface area contributed by atoms with Crippen molar-refractivity contribution in [2.75, 3.05) is 0 Å². The predicted molar refractivity (Wildman–Crippen MR) is 78.7 cm³/mol. The van der Waals surface area contributed by atoms with Crippen LogP contribution in [-0.4, -0.2) is 11.8 Å². The van der Waals surface area contributed by atoms with Crippen molar-refractivity contribution in [3.63, 3.8) is 0 Å². The third kappa shape index (κ3) is 2.99. The summed E-state index contributed by atoms with van der Waals surface area (Å²) in [4.78, 5) is 23.9. The third-order valence-electron chi connectivity index (χ3n) is 5.75. The molecule has 2 aliphatic rings. The van der Waals surface area contributed by atoms with E-state index in [2.05, 4.69) is 0 Å². The summed E-state index contributed by atoms with van der Waals surface area (Å²) in [7, 11) is 0. The molecule has 20 heavy (non-hydrogen) atoms. The average molecular weight is 280 g/mol. The highest BCUT2D eigenvalue weighted by Gasteiger charge is 2.43. The Bertz CT molecular complexity index is 331. The Morgan fingerprint density at radius 2 is 0.950 bits per heavy atom. The lowest BCUT2D eigenvalue weighted by Gasteiger charge is -2.40. The van der Waals surface area contributed by atoms with Gasteiger partial charge in [-0.1, -0.05) is 38.5 Å². The average Bonchev–Trinajstić information content (AvgIpc) is 2.47.